The van der Waals surface area contributed by atoms with Crippen LogP contribution in [0, 0.1) is 0 Å². The van der Waals surface area contributed by atoms with Crippen molar-refractivity contribution in [2.75, 3.05) is 6.61 Å². The van der Waals surface area contributed by atoms with Crippen LogP contribution in [0.3, 0.4) is 0 Å². The summed E-state index contributed by atoms with van der Waals surface area (Å²) >= 11 is 0. The minimum atomic E-state index is 0.132. The fraction of sp³-hybridized carbons (Fsp3) is 0.412. The Hall–Kier alpha value is -1.62. The van der Waals surface area contributed by atoms with Gasteiger partial charge in [-0.2, -0.15) is 0 Å². The maximum atomic E-state index is 5.95. The summed E-state index contributed by atoms with van der Waals surface area (Å²) < 4.78 is 11.3. The smallest absolute Gasteiger partial charge is 0.103 e. The van der Waals surface area contributed by atoms with E-state index in [0.29, 0.717) is 0 Å². The summed E-state index contributed by atoms with van der Waals surface area (Å²) in [5, 5.41) is 0. The zero-order valence-corrected chi connectivity index (χ0v) is 12.1. The molecule has 4 heteroatoms. The van der Waals surface area contributed by atoms with Gasteiger partial charge in [-0.25, -0.2) is 0 Å². The molecule has 2 aromatic rings. The third kappa shape index (κ3) is 3.53. The van der Waals surface area contributed by atoms with Gasteiger partial charge in [0.2, 0.25) is 0 Å². The summed E-state index contributed by atoms with van der Waals surface area (Å²) in [5.41, 5.74) is 5.63. The number of rotatable bonds is 6. The quantitative estimate of drug-likeness (QED) is 0.633. The van der Waals surface area contributed by atoms with Crippen molar-refractivity contribution in [2.24, 2.45) is 5.84 Å². The van der Waals surface area contributed by atoms with Gasteiger partial charge < -0.3 is 9.15 Å². The van der Waals surface area contributed by atoms with Crippen molar-refractivity contribution >= 4 is 0 Å². The summed E-state index contributed by atoms with van der Waals surface area (Å²) in [7, 11) is 0. The van der Waals surface area contributed by atoms with Crippen molar-refractivity contribution in [3.63, 3.8) is 0 Å². The van der Waals surface area contributed by atoms with Gasteiger partial charge >= 0.3 is 0 Å². The summed E-state index contributed by atoms with van der Waals surface area (Å²) in [6.45, 7) is 0.789. The van der Waals surface area contributed by atoms with Crippen molar-refractivity contribution in [3.8, 4) is 0 Å². The van der Waals surface area contributed by atoms with Crippen LogP contribution in [0.15, 0.2) is 47.1 Å². The predicted octanol–water partition coefficient (Wildman–Crippen LogP) is 2.75. The van der Waals surface area contributed by atoms with E-state index in [2.05, 4.69) is 29.7 Å². The fourth-order valence-corrected chi connectivity index (χ4v) is 2.97. The minimum absolute atomic E-state index is 0.132. The van der Waals surface area contributed by atoms with Crippen molar-refractivity contribution in [3.05, 3.63) is 59.5 Å². The Morgan fingerprint density at radius 1 is 1.24 bits per heavy atom. The molecule has 0 fully saturated rings. The first kappa shape index (κ1) is 14.3. The first-order valence-electron chi connectivity index (χ1n) is 7.54. The summed E-state index contributed by atoms with van der Waals surface area (Å²) in [6.07, 6.45) is 5.55. The second-order valence-corrected chi connectivity index (χ2v) is 5.53. The van der Waals surface area contributed by atoms with Crippen LogP contribution in [0.25, 0.3) is 0 Å². The second-order valence-electron chi connectivity index (χ2n) is 5.53. The summed E-state index contributed by atoms with van der Waals surface area (Å²) in [4.78, 5) is 0. The topological polar surface area (TPSA) is 60.4 Å². The maximum Gasteiger partial charge on any atom is 0.103 e. The van der Waals surface area contributed by atoms with Gasteiger partial charge in [0.15, 0.2) is 0 Å². The number of benzene rings is 1. The molecule has 2 atom stereocenters. The number of nitrogens with one attached hydrogen (secondary N) is 1. The molecule has 2 unspecified atom stereocenters. The van der Waals surface area contributed by atoms with Gasteiger partial charge in [0.1, 0.15) is 5.76 Å². The molecule has 4 nitrogen and oxygen atoms in total. The molecule has 0 radical (unpaired) electrons. The number of hydrogen-bond donors (Lipinski definition) is 2. The molecule has 3 N–H and O–H groups in total. The van der Waals surface area contributed by atoms with Gasteiger partial charge in [-0.3, -0.25) is 11.3 Å². The third-order valence-electron chi connectivity index (χ3n) is 4.15. The van der Waals surface area contributed by atoms with Crippen LogP contribution in [0.4, 0.5) is 0 Å². The average molecular weight is 286 g/mol. The van der Waals surface area contributed by atoms with E-state index in [1.165, 1.54) is 11.1 Å². The SMILES string of the molecule is NNC(CCc1ccco1)CC1OCCc2ccccc21. The molecular formula is C17H22N2O2. The van der Waals surface area contributed by atoms with E-state index < -0.39 is 0 Å². The molecule has 112 valence electrons. The molecule has 3 rings (SSSR count). The molecule has 0 spiro atoms. The average Bonchev–Trinajstić information content (AvgIpc) is 3.05. The van der Waals surface area contributed by atoms with Crippen LogP contribution in [0.2, 0.25) is 0 Å². The lowest BCUT2D eigenvalue weighted by Gasteiger charge is -2.29. The molecule has 0 bridgehead atoms. The van der Waals surface area contributed by atoms with Gasteiger partial charge in [0.25, 0.3) is 0 Å². The van der Waals surface area contributed by atoms with Crippen LogP contribution in [-0.2, 0) is 17.6 Å². The number of fused-ring (bicyclic) bond motifs is 1. The minimum Gasteiger partial charge on any atom is -0.469 e. The molecular weight excluding hydrogens is 264 g/mol. The standard InChI is InChI=1S/C17H22N2O2/c18-19-14(7-8-15-5-3-10-20-15)12-17-16-6-2-1-4-13(16)9-11-21-17/h1-6,10,14,17,19H,7-9,11-12,18H2. The van der Waals surface area contributed by atoms with E-state index in [9.17, 15) is 0 Å². The number of hydrogen-bond acceptors (Lipinski definition) is 4. The normalized spacial score (nSPS) is 19.2. The zero-order valence-electron chi connectivity index (χ0n) is 12.1. The lowest BCUT2D eigenvalue weighted by atomic mass is 9.92. The van der Waals surface area contributed by atoms with Crippen molar-refractivity contribution < 1.29 is 9.15 Å². The van der Waals surface area contributed by atoms with Crippen LogP contribution in [-0.4, -0.2) is 12.6 Å². The van der Waals surface area contributed by atoms with Crippen LogP contribution in [0.1, 0.15) is 35.8 Å². The van der Waals surface area contributed by atoms with E-state index in [-0.39, 0.29) is 12.1 Å². The van der Waals surface area contributed by atoms with Gasteiger partial charge in [-0.15, -0.1) is 0 Å². The van der Waals surface area contributed by atoms with Gasteiger partial charge in [0, 0.05) is 12.5 Å². The molecule has 1 aromatic carbocycles. The molecule has 1 aliphatic rings. The van der Waals surface area contributed by atoms with E-state index in [1.54, 1.807) is 6.26 Å². The Morgan fingerprint density at radius 3 is 2.95 bits per heavy atom. The second kappa shape index (κ2) is 6.89. The Bertz CT molecular complexity index is 554. The number of hydrazine groups is 1. The monoisotopic (exact) mass is 286 g/mol. The Labute approximate surface area is 125 Å². The Balaban J connectivity index is 1.62. The molecule has 0 saturated heterocycles. The largest absolute Gasteiger partial charge is 0.469 e. The highest BCUT2D eigenvalue weighted by Gasteiger charge is 2.23. The van der Waals surface area contributed by atoms with Gasteiger partial charge in [0.05, 0.1) is 19.0 Å². The van der Waals surface area contributed by atoms with Gasteiger partial charge in [-0.1, -0.05) is 24.3 Å². The molecule has 1 aromatic heterocycles. The third-order valence-corrected chi connectivity index (χ3v) is 4.15. The number of nitrogens with two attached hydrogens (primary N) is 1. The maximum absolute atomic E-state index is 5.95. The molecule has 0 aliphatic carbocycles. The van der Waals surface area contributed by atoms with Crippen molar-refractivity contribution in [1.29, 1.82) is 0 Å². The molecule has 21 heavy (non-hydrogen) atoms. The lowest BCUT2D eigenvalue weighted by molar-refractivity contribution is 0.0287. The lowest BCUT2D eigenvalue weighted by Crippen LogP contribution is -2.37. The number of aryl methyl sites for hydroxylation is 1. The Kier molecular flexibility index (Phi) is 4.70. The number of ether oxygens (including phenoxy) is 1. The van der Waals surface area contributed by atoms with E-state index in [4.69, 9.17) is 15.0 Å². The predicted molar refractivity (Wildman–Crippen MR) is 81.6 cm³/mol. The molecule has 0 saturated carbocycles. The molecule has 1 aliphatic heterocycles. The fourth-order valence-electron chi connectivity index (χ4n) is 2.97. The number of furan rings is 1. The van der Waals surface area contributed by atoms with Crippen LogP contribution in [0.5, 0.6) is 0 Å². The van der Waals surface area contributed by atoms with E-state index in [1.807, 2.05) is 12.1 Å². The zero-order chi connectivity index (χ0) is 14.5. The van der Waals surface area contributed by atoms with Crippen LogP contribution >= 0.6 is 0 Å². The van der Waals surface area contributed by atoms with Gasteiger partial charge in [-0.05, 0) is 42.5 Å². The van der Waals surface area contributed by atoms with E-state index in [0.717, 1.165) is 38.1 Å². The first-order valence-corrected chi connectivity index (χ1v) is 7.54. The van der Waals surface area contributed by atoms with Crippen molar-refractivity contribution in [2.45, 2.75) is 37.8 Å². The molecule has 0 amide bonds. The summed E-state index contributed by atoms with van der Waals surface area (Å²) in [5.74, 6) is 6.71. The molecule has 2 heterocycles. The van der Waals surface area contributed by atoms with Crippen molar-refractivity contribution in [1.82, 2.24) is 5.43 Å². The van der Waals surface area contributed by atoms with Crippen LogP contribution < -0.4 is 11.3 Å². The first-order chi connectivity index (χ1) is 10.4. The highest BCUT2D eigenvalue weighted by Crippen LogP contribution is 2.31. The Morgan fingerprint density at radius 2 is 2.14 bits per heavy atom. The summed E-state index contributed by atoms with van der Waals surface area (Å²) in [6, 6.07) is 12.7. The highest BCUT2D eigenvalue weighted by molar-refractivity contribution is 5.31. The van der Waals surface area contributed by atoms with E-state index >= 15 is 0 Å². The highest BCUT2D eigenvalue weighted by atomic mass is 16.5.